The van der Waals surface area contributed by atoms with Gasteiger partial charge in [0, 0.05) is 6.61 Å². The summed E-state index contributed by atoms with van der Waals surface area (Å²) in [5.74, 6) is 0.467. The van der Waals surface area contributed by atoms with Gasteiger partial charge >= 0.3 is 6.18 Å². The molecule has 1 aromatic heterocycles. The summed E-state index contributed by atoms with van der Waals surface area (Å²) < 4.78 is 43.8. The first-order valence-corrected chi connectivity index (χ1v) is 6.85. The molecule has 0 radical (unpaired) electrons. The average molecular weight is 297 g/mol. The fourth-order valence-corrected chi connectivity index (χ4v) is 2.65. The zero-order valence-electron chi connectivity index (χ0n) is 11.2. The van der Waals surface area contributed by atoms with E-state index in [2.05, 4.69) is 10.3 Å². The molecule has 1 saturated heterocycles. The smallest absolute Gasteiger partial charge is 0.376 e. The molecule has 1 saturated carbocycles. The number of anilines is 1. The van der Waals surface area contributed by atoms with Crippen molar-refractivity contribution < 1.29 is 17.9 Å². The lowest BCUT2D eigenvalue weighted by Gasteiger charge is -2.21. The van der Waals surface area contributed by atoms with Crippen LogP contribution in [-0.4, -0.2) is 23.7 Å². The highest BCUT2D eigenvalue weighted by molar-refractivity contribution is 5.53. The predicted octanol–water partition coefficient (Wildman–Crippen LogP) is 2.95. The van der Waals surface area contributed by atoms with Crippen LogP contribution in [-0.2, 0) is 10.9 Å². The van der Waals surface area contributed by atoms with Gasteiger partial charge in [0.1, 0.15) is 17.6 Å². The van der Waals surface area contributed by atoms with Crippen molar-refractivity contribution in [1.82, 2.24) is 4.98 Å². The molecule has 2 heterocycles. The van der Waals surface area contributed by atoms with Gasteiger partial charge in [0.2, 0.25) is 0 Å². The van der Waals surface area contributed by atoms with E-state index < -0.39 is 11.9 Å². The van der Waals surface area contributed by atoms with Crippen molar-refractivity contribution in [3.8, 4) is 6.07 Å². The minimum atomic E-state index is -4.52. The molecular formula is C14H14F3N3O. The van der Waals surface area contributed by atoms with Crippen LogP contribution >= 0.6 is 0 Å². The average Bonchev–Trinajstić information content (AvgIpc) is 3.18. The van der Waals surface area contributed by atoms with Crippen LogP contribution in [0.3, 0.4) is 0 Å². The van der Waals surface area contributed by atoms with Crippen LogP contribution in [0.2, 0.25) is 0 Å². The lowest BCUT2D eigenvalue weighted by atomic mass is 10.1. The molecule has 0 bridgehead atoms. The standard InChI is InChI=1S/C14H14F3N3O/c15-14(16,17)11-4-3-9(7-18)13(20-11)19-10-5-6-21-12(10)8-1-2-8/h3-4,8,10,12H,1-2,5-6H2,(H,19,20)/t10-,12+/m1/s1. The predicted molar refractivity (Wildman–Crippen MR) is 68.4 cm³/mol. The summed E-state index contributed by atoms with van der Waals surface area (Å²) in [6.45, 7) is 0.583. The monoisotopic (exact) mass is 297 g/mol. The van der Waals surface area contributed by atoms with Gasteiger partial charge in [0.15, 0.2) is 0 Å². The van der Waals surface area contributed by atoms with E-state index in [1.807, 2.05) is 6.07 Å². The largest absolute Gasteiger partial charge is 0.433 e. The maximum Gasteiger partial charge on any atom is 0.433 e. The summed E-state index contributed by atoms with van der Waals surface area (Å²) in [4.78, 5) is 3.58. The van der Waals surface area contributed by atoms with Crippen molar-refractivity contribution in [2.75, 3.05) is 11.9 Å². The number of aromatic nitrogens is 1. The Morgan fingerprint density at radius 3 is 2.67 bits per heavy atom. The van der Waals surface area contributed by atoms with E-state index in [0.717, 1.165) is 25.0 Å². The van der Waals surface area contributed by atoms with Crippen molar-refractivity contribution in [3.63, 3.8) is 0 Å². The Balaban J connectivity index is 1.84. The zero-order valence-corrected chi connectivity index (χ0v) is 11.2. The molecule has 21 heavy (non-hydrogen) atoms. The summed E-state index contributed by atoms with van der Waals surface area (Å²) in [6.07, 6.45) is -1.63. The summed E-state index contributed by atoms with van der Waals surface area (Å²) >= 11 is 0. The minimum absolute atomic E-state index is 0.00604. The fourth-order valence-electron chi connectivity index (χ4n) is 2.65. The Hall–Kier alpha value is -1.81. The highest BCUT2D eigenvalue weighted by Crippen LogP contribution is 2.40. The number of hydrogen-bond donors (Lipinski definition) is 1. The first-order valence-electron chi connectivity index (χ1n) is 6.85. The Labute approximate surface area is 119 Å². The van der Waals surface area contributed by atoms with Crippen molar-refractivity contribution >= 4 is 5.82 Å². The van der Waals surface area contributed by atoms with Gasteiger partial charge in [-0.3, -0.25) is 0 Å². The van der Waals surface area contributed by atoms with Gasteiger partial charge in [-0.1, -0.05) is 0 Å². The molecule has 7 heteroatoms. The Morgan fingerprint density at radius 1 is 1.29 bits per heavy atom. The quantitative estimate of drug-likeness (QED) is 0.932. The lowest BCUT2D eigenvalue weighted by Crippen LogP contribution is -2.32. The number of nitriles is 1. The molecule has 1 aliphatic heterocycles. The van der Waals surface area contributed by atoms with Crippen LogP contribution in [0.25, 0.3) is 0 Å². The van der Waals surface area contributed by atoms with Crippen LogP contribution < -0.4 is 5.32 Å². The van der Waals surface area contributed by atoms with Crippen LogP contribution in [0.1, 0.15) is 30.5 Å². The number of rotatable bonds is 3. The Kier molecular flexibility index (Phi) is 3.49. The van der Waals surface area contributed by atoms with Crippen molar-refractivity contribution in [1.29, 1.82) is 5.26 Å². The third-order valence-corrected chi connectivity index (χ3v) is 3.85. The first kappa shape index (κ1) is 14.1. The number of hydrogen-bond acceptors (Lipinski definition) is 4. The zero-order chi connectivity index (χ0) is 15.0. The second-order valence-electron chi connectivity index (χ2n) is 5.41. The SMILES string of the molecule is N#Cc1ccc(C(F)(F)F)nc1N[C@@H]1CCO[C@H]1C1CC1. The van der Waals surface area contributed by atoms with Gasteiger partial charge in [-0.15, -0.1) is 0 Å². The van der Waals surface area contributed by atoms with E-state index >= 15 is 0 Å². The molecule has 0 unspecified atom stereocenters. The summed E-state index contributed by atoms with van der Waals surface area (Å²) in [5, 5.41) is 12.0. The lowest BCUT2D eigenvalue weighted by molar-refractivity contribution is -0.141. The molecule has 1 aromatic rings. The maximum atomic E-state index is 12.7. The number of nitrogens with zero attached hydrogens (tertiary/aromatic N) is 2. The van der Waals surface area contributed by atoms with E-state index in [0.29, 0.717) is 18.9 Å². The van der Waals surface area contributed by atoms with Gasteiger partial charge in [0.25, 0.3) is 0 Å². The topological polar surface area (TPSA) is 57.9 Å². The molecule has 0 aromatic carbocycles. The van der Waals surface area contributed by atoms with Crippen molar-refractivity contribution in [3.05, 3.63) is 23.4 Å². The van der Waals surface area contributed by atoms with Gasteiger partial charge in [0.05, 0.1) is 17.7 Å². The fraction of sp³-hybridized carbons (Fsp3) is 0.571. The normalized spacial score (nSPS) is 25.6. The van der Waals surface area contributed by atoms with Crippen LogP contribution in [0.15, 0.2) is 12.1 Å². The number of alkyl halides is 3. The van der Waals surface area contributed by atoms with Crippen LogP contribution in [0.4, 0.5) is 19.0 Å². The molecule has 2 fully saturated rings. The molecule has 4 nitrogen and oxygen atoms in total. The molecule has 0 spiro atoms. The second kappa shape index (κ2) is 5.19. The van der Waals surface area contributed by atoms with Gasteiger partial charge in [-0.2, -0.15) is 18.4 Å². The third kappa shape index (κ3) is 2.95. The van der Waals surface area contributed by atoms with E-state index in [-0.39, 0.29) is 23.5 Å². The number of nitrogens with one attached hydrogen (secondary N) is 1. The van der Waals surface area contributed by atoms with Gasteiger partial charge in [-0.05, 0) is 37.3 Å². The minimum Gasteiger partial charge on any atom is -0.376 e. The number of ether oxygens (including phenoxy) is 1. The molecule has 1 N–H and O–H groups in total. The summed E-state index contributed by atoms with van der Waals surface area (Å²) in [5.41, 5.74) is -0.879. The summed E-state index contributed by atoms with van der Waals surface area (Å²) in [7, 11) is 0. The van der Waals surface area contributed by atoms with E-state index in [9.17, 15) is 13.2 Å². The maximum absolute atomic E-state index is 12.7. The van der Waals surface area contributed by atoms with Gasteiger partial charge in [-0.25, -0.2) is 4.98 Å². The number of halogens is 3. The van der Waals surface area contributed by atoms with Gasteiger partial charge < -0.3 is 10.1 Å². The summed E-state index contributed by atoms with van der Waals surface area (Å²) in [6, 6.07) is 3.77. The second-order valence-corrected chi connectivity index (χ2v) is 5.41. The van der Waals surface area contributed by atoms with E-state index in [1.54, 1.807) is 0 Å². The Morgan fingerprint density at radius 2 is 2.05 bits per heavy atom. The molecule has 3 rings (SSSR count). The number of pyridine rings is 1. The molecule has 1 aliphatic carbocycles. The molecule has 112 valence electrons. The highest BCUT2D eigenvalue weighted by Gasteiger charge is 2.41. The van der Waals surface area contributed by atoms with Crippen LogP contribution in [0.5, 0.6) is 0 Å². The molecule has 2 aliphatic rings. The molecule has 0 amide bonds. The van der Waals surface area contributed by atoms with E-state index in [4.69, 9.17) is 10.00 Å². The third-order valence-electron chi connectivity index (χ3n) is 3.85. The Bertz CT molecular complexity index is 578. The van der Waals surface area contributed by atoms with Crippen LogP contribution in [0, 0.1) is 17.2 Å². The van der Waals surface area contributed by atoms with E-state index in [1.165, 1.54) is 0 Å². The first-order chi connectivity index (χ1) is 9.99. The highest BCUT2D eigenvalue weighted by atomic mass is 19.4. The van der Waals surface area contributed by atoms with Crippen molar-refractivity contribution in [2.24, 2.45) is 5.92 Å². The molecular weight excluding hydrogens is 283 g/mol. The molecule has 2 atom stereocenters. The van der Waals surface area contributed by atoms with Crippen molar-refractivity contribution in [2.45, 2.75) is 37.6 Å².